The Labute approximate surface area is 243 Å². The van der Waals surface area contributed by atoms with Crippen LogP contribution in [0.3, 0.4) is 0 Å². The minimum absolute atomic E-state index is 0.00331. The van der Waals surface area contributed by atoms with Crippen molar-refractivity contribution in [1.29, 1.82) is 0 Å². The summed E-state index contributed by atoms with van der Waals surface area (Å²) >= 11 is 1.53. The summed E-state index contributed by atoms with van der Waals surface area (Å²) in [6.45, 7) is 5.73. The second-order valence-electron chi connectivity index (χ2n) is 11.1. The van der Waals surface area contributed by atoms with Crippen LogP contribution >= 0.6 is 11.8 Å². The number of nitrogens with zero attached hydrogens (tertiary/aromatic N) is 4. The lowest BCUT2D eigenvalue weighted by molar-refractivity contribution is -0.137. The normalized spacial score (nSPS) is 23.0. The van der Waals surface area contributed by atoms with Crippen LogP contribution < -0.4 is 26.4 Å². The molecule has 4 heterocycles. The third-order valence-electron chi connectivity index (χ3n) is 8.07. The first-order valence-electron chi connectivity index (χ1n) is 13.3. The molecule has 0 spiro atoms. The van der Waals surface area contributed by atoms with E-state index in [4.69, 9.17) is 16.2 Å². The number of alkyl halides is 3. The number of halogens is 5. The number of thioether (sulfide) groups is 1. The number of aliphatic hydroxyl groups is 1. The number of nitrogen functional groups attached to an aromatic ring is 2. The van der Waals surface area contributed by atoms with Gasteiger partial charge in [0.15, 0.2) is 5.82 Å². The Bertz CT molecular complexity index is 1540. The minimum atomic E-state index is -5.06. The average molecular weight is 614 g/mol. The average Bonchev–Trinajstić information content (AvgIpc) is 2.86. The molecule has 228 valence electrons. The van der Waals surface area contributed by atoms with Gasteiger partial charge in [-0.2, -0.15) is 29.9 Å². The van der Waals surface area contributed by atoms with E-state index < -0.39 is 57.5 Å². The van der Waals surface area contributed by atoms with Crippen LogP contribution in [-0.4, -0.2) is 68.9 Å². The van der Waals surface area contributed by atoms with Crippen LogP contribution in [0, 0.1) is 18.6 Å². The highest BCUT2D eigenvalue weighted by Crippen LogP contribution is 2.45. The lowest BCUT2D eigenvalue weighted by Gasteiger charge is -2.46. The van der Waals surface area contributed by atoms with Crippen LogP contribution in [0.1, 0.15) is 37.8 Å². The first-order chi connectivity index (χ1) is 19.7. The van der Waals surface area contributed by atoms with Crippen molar-refractivity contribution in [2.75, 3.05) is 42.3 Å². The number of benzene rings is 1. The summed E-state index contributed by atoms with van der Waals surface area (Å²) < 4.78 is 79.8. The van der Waals surface area contributed by atoms with Gasteiger partial charge in [-0.15, -0.1) is 0 Å². The topological polar surface area (TPSA) is 135 Å². The molecule has 2 aromatic heterocycles. The number of ether oxygens (including phenoxy) is 1. The number of anilines is 3. The molecule has 9 nitrogen and oxygen atoms in total. The van der Waals surface area contributed by atoms with E-state index in [1.807, 2.05) is 13.2 Å². The van der Waals surface area contributed by atoms with Crippen LogP contribution in [0.5, 0.6) is 5.88 Å². The summed E-state index contributed by atoms with van der Waals surface area (Å²) in [5, 5.41) is 13.2. The highest BCUT2D eigenvalue weighted by Gasteiger charge is 2.42. The molecule has 4 atom stereocenters. The van der Waals surface area contributed by atoms with Gasteiger partial charge in [0.05, 0.1) is 30.0 Å². The Kier molecular flexibility index (Phi) is 7.81. The maximum Gasteiger partial charge on any atom is 0.417 e. The summed E-state index contributed by atoms with van der Waals surface area (Å²) in [7, 11) is 0. The fraction of sp³-hybridized carbons (Fsp3) is 0.519. The van der Waals surface area contributed by atoms with Crippen molar-refractivity contribution in [1.82, 2.24) is 20.3 Å². The molecule has 1 aromatic carbocycles. The Balaban J connectivity index is 1.74. The Hall–Kier alpha value is -3.17. The van der Waals surface area contributed by atoms with Gasteiger partial charge in [-0.3, -0.25) is 0 Å². The molecule has 0 saturated carbocycles. The van der Waals surface area contributed by atoms with Crippen LogP contribution in [0.25, 0.3) is 22.2 Å². The van der Waals surface area contributed by atoms with Crippen LogP contribution in [0.15, 0.2) is 6.07 Å². The summed E-state index contributed by atoms with van der Waals surface area (Å²) in [4.78, 5) is 14.5. The van der Waals surface area contributed by atoms with Crippen LogP contribution in [0.4, 0.5) is 39.4 Å². The molecule has 0 aliphatic carbocycles. The zero-order valence-electron chi connectivity index (χ0n) is 23.4. The zero-order chi connectivity index (χ0) is 30.7. The SMILES string of the molecule is CSC1CN(c2nc(N)c3c(OC(C)CC4(C)CCN4)nc(-c4cc(N)c(F)c(C)c4C(F)(F)F)c(F)c3n2)C1CO. The predicted octanol–water partition coefficient (Wildman–Crippen LogP) is 4.28. The maximum atomic E-state index is 16.4. The smallest absolute Gasteiger partial charge is 0.417 e. The number of nitrogens with two attached hydrogens (primary N) is 2. The van der Waals surface area contributed by atoms with Crippen molar-refractivity contribution >= 4 is 40.1 Å². The molecule has 0 radical (unpaired) electrons. The van der Waals surface area contributed by atoms with E-state index in [-0.39, 0.29) is 46.5 Å². The quantitative estimate of drug-likeness (QED) is 0.215. The molecule has 3 aromatic rings. The van der Waals surface area contributed by atoms with Gasteiger partial charge in [-0.25, -0.2) is 18.7 Å². The molecule has 2 fully saturated rings. The highest BCUT2D eigenvalue weighted by atomic mass is 32.2. The molecular weight excluding hydrogens is 581 g/mol. The van der Waals surface area contributed by atoms with Gasteiger partial charge in [-0.05, 0) is 51.6 Å². The Morgan fingerprint density at radius 1 is 1.24 bits per heavy atom. The van der Waals surface area contributed by atoms with Crippen molar-refractivity contribution in [3.8, 4) is 17.1 Å². The predicted molar refractivity (Wildman–Crippen MR) is 153 cm³/mol. The first kappa shape index (κ1) is 30.3. The summed E-state index contributed by atoms with van der Waals surface area (Å²) in [6.07, 6.45) is -2.30. The molecule has 0 bridgehead atoms. The van der Waals surface area contributed by atoms with Crippen molar-refractivity contribution in [3.63, 3.8) is 0 Å². The van der Waals surface area contributed by atoms with Crippen molar-refractivity contribution in [2.24, 2.45) is 0 Å². The van der Waals surface area contributed by atoms with E-state index in [1.165, 1.54) is 11.8 Å². The van der Waals surface area contributed by atoms with E-state index in [0.717, 1.165) is 19.9 Å². The molecule has 4 unspecified atom stereocenters. The van der Waals surface area contributed by atoms with Gasteiger partial charge in [0.1, 0.15) is 28.2 Å². The van der Waals surface area contributed by atoms with E-state index in [0.29, 0.717) is 19.0 Å². The van der Waals surface area contributed by atoms with Crippen LogP contribution in [-0.2, 0) is 6.18 Å². The molecule has 5 rings (SSSR count). The Morgan fingerprint density at radius 2 is 1.93 bits per heavy atom. The molecule has 0 amide bonds. The lowest BCUT2D eigenvalue weighted by Crippen LogP contribution is -2.61. The molecule has 2 saturated heterocycles. The van der Waals surface area contributed by atoms with E-state index in [9.17, 15) is 22.7 Å². The zero-order valence-corrected chi connectivity index (χ0v) is 24.3. The van der Waals surface area contributed by atoms with Gasteiger partial charge in [0, 0.05) is 29.3 Å². The molecule has 6 N–H and O–H groups in total. The second kappa shape index (κ2) is 10.8. The number of fused-ring (bicyclic) bond motifs is 1. The maximum absolute atomic E-state index is 16.4. The van der Waals surface area contributed by atoms with E-state index in [1.54, 1.807) is 11.8 Å². The molecule has 2 aliphatic heterocycles. The number of hydrogen-bond acceptors (Lipinski definition) is 10. The summed E-state index contributed by atoms with van der Waals surface area (Å²) in [5.41, 5.74) is 7.02. The fourth-order valence-electron chi connectivity index (χ4n) is 5.70. The van der Waals surface area contributed by atoms with E-state index in [2.05, 4.69) is 20.3 Å². The monoisotopic (exact) mass is 613 g/mol. The van der Waals surface area contributed by atoms with Gasteiger partial charge >= 0.3 is 6.18 Å². The number of aromatic nitrogens is 3. The van der Waals surface area contributed by atoms with Crippen molar-refractivity contribution in [2.45, 2.75) is 62.7 Å². The number of aliphatic hydroxyl groups excluding tert-OH is 1. The number of nitrogens with one attached hydrogen (secondary N) is 1. The van der Waals surface area contributed by atoms with Gasteiger partial charge in [0.2, 0.25) is 11.8 Å². The van der Waals surface area contributed by atoms with Gasteiger partial charge in [0.25, 0.3) is 0 Å². The molecule has 15 heteroatoms. The number of rotatable bonds is 8. The third kappa shape index (κ3) is 5.15. The summed E-state index contributed by atoms with van der Waals surface area (Å²) in [5.74, 6) is -2.96. The molecule has 42 heavy (non-hydrogen) atoms. The second-order valence-corrected chi connectivity index (χ2v) is 12.2. The van der Waals surface area contributed by atoms with Crippen molar-refractivity contribution in [3.05, 3.63) is 28.8 Å². The van der Waals surface area contributed by atoms with Gasteiger partial charge < -0.3 is 31.5 Å². The standard InChI is InChI=1S/C27H32F5N7O2S/c1-11(8-26(3)5-6-35-26)41-24-17-22(37-25(38-23(17)34)39-9-16(42-4)15(39)10-40)20(29)21(36-24)13-7-14(33)19(28)12(2)18(13)27(30,31)32/h7,11,15-16,35,40H,5-6,8-10,33H2,1-4H3,(H2,34,37,38). The lowest BCUT2D eigenvalue weighted by atomic mass is 9.85. The largest absolute Gasteiger partial charge is 0.474 e. The first-order valence-corrected chi connectivity index (χ1v) is 14.6. The van der Waals surface area contributed by atoms with Crippen molar-refractivity contribution < 1.29 is 31.8 Å². The highest BCUT2D eigenvalue weighted by molar-refractivity contribution is 7.99. The molecular formula is C27H32F5N7O2S. The van der Waals surface area contributed by atoms with E-state index >= 15 is 4.39 Å². The fourth-order valence-corrected chi connectivity index (χ4v) is 6.56. The molecule has 2 aliphatic rings. The van der Waals surface area contributed by atoms with Crippen LogP contribution in [0.2, 0.25) is 0 Å². The number of pyridine rings is 1. The third-order valence-corrected chi connectivity index (χ3v) is 9.13. The van der Waals surface area contributed by atoms with Gasteiger partial charge in [-0.1, -0.05) is 0 Å². The number of hydrogen-bond donors (Lipinski definition) is 4. The summed E-state index contributed by atoms with van der Waals surface area (Å²) in [6, 6.07) is 0.338. The minimum Gasteiger partial charge on any atom is -0.474 e. The Morgan fingerprint density at radius 3 is 2.50 bits per heavy atom.